The number of fused-ring (bicyclic) bond motifs is 3. The summed E-state index contributed by atoms with van der Waals surface area (Å²) in [6.07, 6.45) is 5.72. The van der Waals surface area contributed by atoms with Crippen LogP contribution in [0.3, 0.4) is 0 Å². The Hall–Kier alpha value is -1.96. The van der Waals surface area contributed by atoms with Crippen LogP contribution in [0.4, 0.5) is 0 Å². The number of nitrogens with two attached hydrogens (primary N) is 1. The summed E-state index contributed by atoms with van der Waals surface area (Å²) in [5.74, 6) is 0.443. The van der Waals surface area contributed by atoms with Crippen LogP contribution < -0.4 is 5.14 Å². The van der Waals surface area contributed by atoms with E-state index in [4.69, 9.17) is 5.14 Å². The van der Waals surface area contributed by atoms with Crippen molar-refractivity contribution in [3.63, 3.8) is 0 Å². The van der Waals surface area contributed by atoms with Gasteiger partial charge in [0.15, 0.2) is 0 Å². The van der Waals surface area contributed by atoms with Crippen molar-refractivity contribution in [2.75, 3.05) is 13.1 Å². The molecule has 0 spiro atoms. The molecule has 138 valence electrons. The lowest BCUT2D eigenvalue weighted by Gasteiger charge is -2.30. The number of hydrogen-bond donors (Lipinski definition) is 1. The number of nitrogens with zero attached hydrogens (tertiary/aromatic N) is 3. The summed E-state index contributed by atoms with van der Waals surface area (Å²) in [7, 11) is -3.57. The molecule has 6 nitrogen and oxygen atoms in total. The van der Waals surface area contributed by atoms with E-state index in [9.17, 15) is 8.42 Å². The van der Waals surface area contributed by atoms with Crippen LogP contribution in [0.2, 0.25) is 0 Å². The summed E-state index contributed by atoms with van der Waals surface area (Å²) in [5, 5.41) is 7.56. The van der Waals surface area contributed by atoms with Gasteiger partial charge in [-0.25, -0.2) is 5.14 Å². The minimum Gasteiger partial charge on any atom is -0.347 e. The van der Waals surface area contributed by atoms with Crippen LogP contribution in [-0.4, -0.2) is 35.4 Å². The molecule has 0 unspecified atom stereocenters. The standard InChI is InChI=1S/C19H24N4O2S/c1-13-9-17-18(10-14(13)2)21-11-16-5-6-22(19(16)17)12-15-3-7-23(8-4-15)26(20,24)25/h5-6,9-11,15H,3-4,7-8,12H2,1-2H3,(H2,20,24,25). The molecule has 3 heterocycles. The fraction of sp³-hybridized carbons (Fsp3) is 0.421. The molecule has 1 aliphatic rings. The Kier molecular flexibility index (Phi) is 4.25. The zero-order valence-electron chi connectivity index (χ0n) is 15.1. The molecule has 26 heavy (non-hydrogen) atoms. The second kappa shape index (κ2) is 6.33. The van der Waals surface area contributed by atoms with Gasteiger partial charge in [-0.05, 0) is 61.9 Å². The Morgan fingerprint density at radius 1 is 1.19 bits per heavy atom. The third-order valence-electron chi connectivity index (χ3n) is 5.59. The smallest absolute Gasteiger partial charge is 0.276 e. The topological polar surface area (TPSA) is 81.2 Å². The Labute approximate surface area is 153 Å². The van der Waals surface area contributed by atoms with Gasteiger partial charge in [0.2, 0.25) is 0 Å². The average molecular weight is 372 g/mol. The zero-order chi connectivity index (χ0) is 18.5. The maximum atomic E-state index is 11.5. The van der Waals surface area contributed by atoms with Crippen molar-refractivity contribution in [1.82, 2.24) is 13.9 Å². The van der Waals surface area contributed by atoms with Gasteiger partial charge in [0.1, 0.15) is 0 Å². The maximum absolute atomic E-state index is 11.5. The van der Waals surface area contributed by atoms with Crippen LogP contribution in [0.15, 0.2) is 30.6 Å². The van der Waals surface area contributed by atoms with Crippen molar-refractivity contribution in [3.8, 4) is 0 Å². The van der Waals surface area contributed by atoms with E-state index in [0.29, 0.717) is 19.0 Å². The van der Waals surface area contributed by atoms with Crippen molar-refractivity contribution in [2.45, 2.75) is 33.2 Å². The van der Waals surface area contributed by atoms with Gasteiger partial charge < -0.3 is 4.57 Å². The van der Waals surface area contributed by atoms with Gasteiger partial charge in [-0.2, -0.15) is 12.7 Å². The van der Waals surface area contributed by atoms with Crippen LogP contribution >= 0.6 is 0 Å². The molecule has 1 fully saturated rings. The fourth-order valence-corrected chi connectivity index (χ4v) is 4.64. The number of piperidine rings is 1. The number of hydrogen-bond acceptors (Lipinski definition) is 3. The Morgan fingerprint density at radius 2 is 1.88 bits per heavy atom. The second-order valence-electron chi connectivity index (χ2n) is 7.37. The van der Waals surface area contributed by atoms with Crippen molar-refractivity contribution in [2.24, 2.45) is 11.1 Å². The first-order chi connectivity index (χ1) is 12.3. The molecule has 1 saturated heterocycles. The number of benzene rings is 1. The molecule has 2 aromatic heterocycles. The minimum absolute atomic E-state index is 0.443. The van der Waals surface area contributed by atoms with Crippen LogP contribution in [0.5, 0.6) is 0 Å². The van der Waals surface area contributed by atoms with E-state index in [1.165, 1.54) is 26.3 Å². The molecule has 1 aromatic carbocycles. The van der Waals surface area contributed by atoms with Crippen molar-refractivity contribution < 1.29 is 8.42 Å². The Morgan fingerprint density at radius 3 is 2.58 bits per heavy atom. The molecular weight excluding hydrogens is 348 g/mol. The molecule has 2 N–H and O–H groups in total. The number of pyridine rings is 1. The highest BCUT2D eigenvalue weighted by molar-refractivity contribution is 7.86. The van der Waals surface area contributed by atoms with E-state index < -0.39 is 10.2 Å². The fourth-order valence-electron chi connectivity index (χ4n) is 3.92. The third-order valence-corrected chi connectivity index (χ3v) is 6.68. The predicted molar refractivity (Wildman–Crippen MR) is 104 cm³/mol. The molecule has 0 radical (unpaired) electrons. The highest BCUT2D eigenvalue weighted by Gasteiger charge is 2.25. The summed E-state index contributed by atoms with van der Waals surface area (Å²) in [6, 6.07) is 6.47. The minimum atomic E-state index is -3.57. The lowest BCUT2D eigenvalue weighted by molar-refractivity contribution is 0.255. The van der Waals surface area contributed by atoms with Gasteiger partial charge >= 0.3 is 0 Å². The lowest BCUT2D eigenvalue weighted by Crippen LogP contribution is -2.42. The normalized spacial score (nSPS) is 17.3. The van der Waals surface area contributed by atoms with Gasteiger partial charge in [0, 0.05) is 42.8 Å². The van der Waals surface area contributed by atoms with E-state index in [-0.39, 0.29) is 0 Å². The van der Waals surface area contributed by atoms with Crippen LogP contribution in [0.25, 0.3) is 21.8 Å². The van der Waals surface area contributed by atoms with Crippen molar-refractivity contribution >= 4 is 32.0 Å². The first kappa shape index (κ1) is 17.5. The SMILES string of the molecule is Cc1cc2ncc3ccn(CC4CCN(S(N)(=O)=O)CC4)c3c2cc1C. The van der Waals surface area contributed by atoms with Gasteiger partial charge in [0.25, 0.3) is 10.2 Å². The van der Waals surface area contributed by atoms with E-state index in [2.05, 4.69) is 47.8 Å². The molecule has 1 aliphatic heterocycles. The third kappa shape index (κ3) is 3.11. The summed E-state index contributed by atoms with van der Waals surface area (Å²) < 4.78 is 26.6. The monoisotopic (exact) mass is 372 g/mol. The molecule has 0 amide bonds. The zero-order valence-corrected chi connectivity index (χ0v) is 16.0. The van der Waals surface area contributed by atoms with Crippen LogP contribution in [0.1, 0.15) is 24.0 Å². The molecule has 0 atom stereocenters. The van der Waals surface area contributed by atoms with E-state index in [1.54, 1.807) is 0 Å². The first-order valence-electron chi connectivity index (χ1n) is 8.95. The number of rotatable bonds is 3. The average Bonchev–Trinajstić information content (AvgIpc) is 2.99. The van der Waals surface area contributed by atoms with Gasteiger partial charge in [0.05, 0.1) is 11.0 Å². The Bertz CT molecular complexity index is 1080. The molecule has 0 saturated carbocycles. The first-order valence-corrected chi connectivity index (χ1v) is 10.5. The highest BCUT2D eigenvalue weighted by Crippen LogP contribution is 2.29. The summed E-state index contributed by atoms with van der Waals surface area (Å²) in [5.41, 5.74) is 4.75. The van der Waals surface area contributed by atoms with E-state index >= 15 is 0 Å². The molecule has 3 aromatic rings. The van der Waals surface area contributed by atoms with Crippen molar-refractivity contribution in [1.29, 1.82) is 0 Å². The van der Waals surface area contributed by atoms with Crippen LogP contribution in [0, 0.1) is 19.8 Å². The summed E-state index contributed by atoms with van der Waals surface area (Å²) in [4.78, 5) is 4.61. The Balaban J connectivity index is 1.65. The van der Waals surface area contributed by atoms with Gasteiger partial charge in [-0.1, -0.05) is 0 Å². The molecule has 7 heteroatoms. The van der Waals surface area contributed by atoms with Crippen LogP contribution in [-0.2, 0) is 16.8 Å². The summed E-state index contributed by atoms with van der Waals surface area (Å²) in [6.45, 7) is 6.13. The summed E-state index contributed by atoms with van der Waals surface area (Å²) >= 11 is 0. The number of aryl methyl sites for hydroxylation is 2. The van der Waals surface area contributed by atoms with E-state index in [1.807, 2.05) is 6.20 Å². The largest absolute Gasteiger partial charge is 0.347 e. The van der Waals surface area contributed by atoms with E-state index in [0.717, 1.165) is 30.3 Å². The molecule has 4 rings (SSSR count). The molecule has 0 bridgehead atoms. The molecule has 0 aliphatic carbocycles. The number of aromatic nitrogens is 2. The van der Waals surface area contributed by atoms with Gasteiger partial charge in [-0.3, -0.25) is 4.98 Å². The second-order valence-corrected chi connectivity index (χ2v) is 8.92. The highest BCUT2D eigenvalue weighted by atomic mass is 32.2. The molecular formula is C19H24N4O2S. The quantitative estimate of drug-likeness (QED) is 0.767. The van der Waals surface area contributed by atoms with Crippen molar-refractivity contribution in [3.05, 3.63) is 41.7 Å². The lowest BCUT2D eigenvalue weighted by atomic mass is 9.98. The van der Waals surface area contributed by atoms with Gasteiger partial charge in [-0.15, -0.1) is 0 Å². The maximum Gasteiger partial charge on any atom is 0.276 e. The predicted octanol–water partition coefficient (Wildman–Crippen LogP) is 2.72.